The average Bonchev–Trinajstić information content (AvgIpc) is 2.31. The molecule has 2 aromatic rings. The van der Waals surface area contributed by atoms with E-state index in [1.165, 1.54) is 4.40 Å². The molecule has 0 aromatic carbocycles. The van der Waals surface area contributed by atoms with E-state index in [1.54, 1.807) is 12.3 Å². The van der Waals surface area contributed by atoms with Gasteiger partial charge < -0.3 is 4.74 Å². The summed E-state index contributed by atoms with van der Waals surface area (Å²) in [5, 5.41) is 0.456. The monoisotopic (exact) mass is 280 g/mol. The van der Waals surface area contributed by atoms with Gasteiger partial charge in [-0.25, -0.2) is 4.98 Å². The Morgan fingerprint density at radius 2 is 2.16 bits per heavy atom. The van der Waals surface area contributed by atoms with Crippen molar-refractivity contribution in [2.24, 2.45) is 0 Å². The number of pyridine rings is 1. The molecule has 0 fully saturated rings. The molecule has 0 aliphatic carbocycles. The molecule has 0 amide bonds. The first-order valence-corrected chi connectivity index (χ1v) is 6.69. The van der Waals surface area contributed by atoms with Crippen molar-refractivity contribution in [2.45, 2.75) is 40.2 Å². The summed E-state index contributed by atoms with van der Waals surface area (Å²) in [5.41, 5.74) is 1.87. The van der Waals surface area contributed by atoms with Crippen LogP contribution in [0.4, 0.5) is 0 Å². The van der Waals surface area contributed by atoms with E-state index in [4.69, 9.17) is 16.3 Å². The fourth-order valence-electron chi connectivity index (χ4n) is 2.07. The van der Waals surface area contributed by atoms with E-state index in [-0.39, 0.29) is 11.7 Å². The number of hydrogen-bond donors (Lipinski definition) is 0. The lowest BCUT2D eigenvalue weighted by atomic mass is 10.2. The fraction of sp³-hybridized carbons (Fsp3) is 0.429. The number of rotatable bonds is 3. The van der Waals surface area contributed by atoms with Crippen LogP contribution in [0.2, 0.25) is 5.02 Å². The number of hydrogen-bond acceptors (Lipinski definition) is 3. The van der Waals surface area contributed by atoms with Crippen LogP contribution in [-0.4, -0.2) is 15.5 Å². The maximum absolute atomic E-state index is 12.4. The Balaban J connectivity index is 2.82. The van der Waals surface area contributed by atoms with Crippen LogP contribution in [0.3, 0.4) is 0 Å². The summed E-state index contributed by atoms with van der Waals surface area (Å²) in [4.78, 5) is 16.9. The Kier molecular flexibility index (Phi) is 3.80. The van der Waals surface area contributed by atoms with Crippen LogP contribution in [0.25, 0.3) is 5.65 Å². The molecule has 2 rings (SSSR count). The molecule has 4 nitrogen and oxygen atoms in total. The van der Waals surface area contributed by atoms with Crippen molar-refractivity contribution in [2.75, 3.05) is 0 Å². The highest BCUT2D eigenvalue weighted by Gasteiger charge is 2.13. The van der Waals surface area contributed by atoms with Gasteiger partial charge in [0.05, 0.1) is 11.1 Å². The van der Waals surface area contributed by atoms with Crippen molar-refractivity contribution >= 4 is 17.2 Å². The molecule has 0 radical (unpaired) electrons. The molecular weight excluding hydrogens is 264 g/mol. The third-order valence-corrected chi connectivity index (χ3v) is 3.08. The Labute approximate surface area is 117 Å². The molecule has 5 heteroatoms. The molecule has 2 heterocycles. The second-order valence-electron chi connectivity index (χ2n) is 4.72. The molecule has 0 N–H and O–H groups in total. The average molecular weight is 281 g/mol. The highest BCUT2D eigenvalue weighted by molar-refractivity contribution is 6.30. The van der Waals surface area contributed by atoms with Crippen LogP contribution in [0.15, 0.2) is 17.1 Å². The number of aromatic nitrogens is 2. The second kappa shape index (κ2) is 5.21. The molecule has 0 unspecified atom stereocenters. The summed E-state index contributed by atoms with van der Waals surface area (Å²) in [6, 6.07) is 1.69. The summed E-state index contributed by atoms with van der Waals surface area (Å²) in [7, 11) is 0. The van der Waals surface area contributed by atoms with Crippen molar-refractivity contribution in [3.05, 3.63) is 38.9 Å². The van der Waals surface area contributed by atoms with Crippen LogP contribution in [0, 0.1) is 6.92 Å². The lowest BCUT2D eigenvalue weighted by Gasteiger charge is -2.14. The van der Waals surface area contributed by atoms with Gasteiger partial charge in [-0.15, -0.1) is 0 Å². The standard InChI is InChI=1S/C14H17ClN2O2/c1-5-11-9(4)16-13-12(19-8(2)3)6-10(15)7-17(13)14(11)18/h6-8H,5H2,1-4H3. The predicted octanol–water partition coefficient (Wildman–Crippen LogP) is 3.01. The van der Waals surface area contributed by atoms with Gasteiger partial charge in [0.15, 0.2) is 11.4 Å². The lowest BCUT2D eigenvalue weighted by molar-refractivity contribution is 0.244. The topological polar surface area (TPSA) is 43.6 Å². The second-order valence-corrected chi connectivity index (χ2v) is 5.15. The maximum atomic E-state index is 12.4. The zero-order valence-electron chi connectivity index (χ0n) is 11.5. The number of nitrogens with zero attached hydrogens (tertiary/aromatic N) is 2. The van der Waals surface area contributed by atoms with Crippen molar-refractivity contribution < 1.29 is 4.74 Å². The molecule has 0 saturated heterocycles. The van der Waals surface area contributed by atoms with Crippen molar-refractivity contribution in [3.8, 4) is 5.75 Å². The van der Waals surface area contributed by atoms with Crippen LogP contribution in [0.1, 0.15) is 32.0 Å². The van der Waals surface area contributed by atoms with E-state index in [9.17, 15) is 4.79 Å². The molecule has 0 aliphatic heterocycles. The molecule has 0 aliphatic rings. The van der Waals surface area contributed by atoms with Crippen molar-refractivity contribution in [3.63, 3.8) is 0 Å². The number of ether oxygens (including phenoxy) is 1. The number of fused-ring (bicyclic) bond motifs is 1. The molecule has 0 saturated carbocycles. The molecular formula is C14H17ClN2O2. The first-order valence-electron chi connectivity index (χ1n) is 6.32. The van der Waals surface area contributed by atoms with Gasteiger partial charge in [0.1, 0.15) is 0 Å². The normalized spacial score (nSPS) is 11.3. The Hall–Kier alpha value is -1.55. The third kappa shape index (κ3) is 2.59. The minimum absolute atomic E-state index is 0.00896. The molecule has 2 aromatic heterocycles. The van der Waals surface area contributed by atoms with E-state index in [0.29, 0.717) is 28.4 Å². The van der Waals surface area contributed by atoms with Crippen LogP contribution >= 0.6 is 11.6 Å². The minimum Gasteiger partial charge on any atom is -0.487 e. The van der Waals surface area contributed by atoms with Crippen LogP contribution < -0.4 is 10.3 Å². The first-order chi connectivity index (χ1) is 8.93. The van der Waals surface area contributed by atoms with E-state index >= 15 is 0 Å². The Morgan fingerprint density at radius 1 is 1.47 bits per heavy atom. The van der Waals surface area contributed by atoms with E-state index < -0.39 is 0 Å². The molecule has 0 atom stereocenters. The zero-order chi connectivity index (χ0) is 14.2. The molecule has 0 bridgehead atoms. The summed E-state index contributed by atoms with van der Waals surface area (Å²) < 4.78 is 7.15. The van der Waals surface area contributed by atoms with E-state index in [2.05, 4.69) is 4.98 Å². The Morgan fingerprint density at radius 3 is 2.74 bits per heavy atom. The number of aryl methyl sites for hydroxylation is 1. The summed E-state index contributed by atoms with van der Waals surface area (Å²) in [5.74, 6) is 0.533. The van der Waals surface area contributed by atoms with Gasteiger partial charge >= 0.3 is 0 Å². The van der Waals surface area contributed by atoms with Crippen LogP contribution in [-0.2, 0) is 6.42 Å². The van der Waals surface area contributed by atoms with Gasteiger partial charge in [-0.05, 0) is 27.2 Å². The van der Waals surface area contributed by atoms with Crippen molar-refractivity contribution in [1.29, 1.82) is 0 Å². The lowest BCUT2D eigenvalue weighted by Crippen LogP contribution is -2.22. The molecule has 102 valence electrons. The van der Waals surface area contributed by atoms with E-state index in [0.717, 1.165) is 5.69 Å². The largest absolute Gasteiger partial charge is 0.487 e. The van der Waals surface area contributed by atoms with E-state index in [1.807, 2.05) is 27.7 Å². The molecule has 0 spiro atoms. The van der Waals surface area contributed by atoms with Gasteiger partial charge in [0.2, 0.25) is 0 Å². The summed E-state index contributed by atoms with van der Waals surface area (Å²) >= 11 is 6.05. The van der Waals surface area contributed by atoms with Crippen LogP contribution in [0.5, 0.6) is 5.75 Å². The SMILES string of the molecule is CCc1c(C)nc2c(OC(C)C)cc(Cl)cn2c1=O. The van der Waals surface area contributed by atoms with Gasteiger partial charge in [0, 0.05) is 23.5 Å². The quantitative estimate of drug-likeness (QED) is 0.868. The molecule has 19 heavy (non-hydrogen) atoms. The third-order valence-electron chi connectivity index (χ3n) is 2.87. The Bertz CT molecular complexity index is 677. The summed E-state index contributed by atoms with van der Waals surface area (Å²) in [6.45, 7) is 7.62. The van der Waals surface area contributed by atoms with Crippen molar-refractivity contribution in [1.82, 2.24) is 9.38 Å². The van der Waals surface area contributed by atoms with Gasteiger partial charge in [-0.2, -0.15) is 0 Å². The fourth-order valence-corrected chi connectivity index (χ4v) is 2.26. The van der Waals surface area contributed by atoms with Gasteiger partial charge in [-0.3, -0.25) is 9.20 Å². The van der Waals surface area contributed by atoms with Gasteiger partial charge in [-0.1, -0.05) is 18.5 Å². The maximum Gasteiger partial charge on any atom is 0.261 e. The zero-order valence-corrected chi connectivity index (χ0v) is 12.3. The summed E-state index contributed by atoms with van der Waals surface area (Å²) in [6.07, 6.45) is 2.22. The van der Waals surface area contributed by atoms with Gasteiger partial charge in [0.25, 0.3) is 5.56 Å². The highest BCUT2D eigenvalue weighted by atomic mass is 35.5. The number of halogens is 1. The first kappa shape index (κ1) is 13.9. The highest BCUT2D eigenvalue weighted by Crippen LogP contribution is 2.23. The predicted molar refractivity (Wildman–Crippen MR) is 76.4 cm³/mol. The minimum atomic E-state index is -0.0823. The smallest absolute Gasteiger partial charge is 0.261 e.